The summed E-state index contributed by atoms with van der Waals surface area (Å²) >= 11 is 0. The van der Waals surface area contributed by atoms with Gasteiger partial charge in [-0.15, -0.1) is 0 Å². The predicted molar refractivity (Wildman–Crippen MR) is 59.7 cm³/mol. The van der Waals surface area contributed by atoms with Crippen LogP contribution in [0.15, 0.2) is 24.4 Å². The Hall–Kier alpha value is -1.42. The number of rotatable bonds is 1. The normalized spacial score (nSPS) is 27.2. The SMILES string of the molecule is O=C1NC(c2ccccn2)C12CCNCC2. The van der Waals surface area contributed by atoms with E-state index in [1.807, 2.05) is 18.2 Å². The minimum Gasteiger partial charge on any atom is -0.346 e. The van der Waals surface area contributed by atoms with E-state index in [2.05, 4.69) is 15.6 Å². The van der Waals surface area contributed by atoms with Crippen LogP contribution in [0.5, 0.6) is 0 Å². The maximum atomic E-state index is 11.8. The van der Waals surface area contributed by atoms with E-state index in [4.69, 9.17) is 0 Å². The highest BCUT2D eigenvalue weighted by Gasteiger charge is 2.55. The number of aromatic nitrogens is 1. The summed E-state index contributed by atoms with van der Waals surface area (Å²) in [5, 5.41) is 6.29. The Labute approximate surface area is 94.5 Å². The van der Waals surface area contributed by atoms with Crippen LogP contribution < -0.4 is 10.6 Å². The van der Waals surface area contributed by atoms with Crippen molar-refractivity contribution in [3.8, 4) is 0 Å². The van der Waals surface area contributed by atoms with Crippen LogP contribution in [-0.2, 0) is 4.79 Å². The van der Waals surface area contributed by atoms with Gasteiger partial charge in [0, 0.05) is 6.20 Å². The van der Waals surface area contributed by atoms with E-state index in [-0.39, 0.29) is 17.4 Å². The lowest BCUT2D eigenvalue weighted by atomic mass is 9.65. The molecule has 4 heteroatoms. The molecule has 1 unspecified atom stereocenters. The van der Waals surface area contributed by atoms with E-state index in [0.717, 1.165) is 31.6 Å². The Balaban J connectivity index is 1.90. The molecule has 2 saturated heterocycles. The molecule has 0 radical (unpaired) electrons. The number of piperidine rings is 1. The topological polar surface area (TPSA) is 54.0 Å². The molecule has 1 aromatic heterocycles. The zero-order valence-corrected chi connectivity index (χ0v) is 9.07. The van der Waals surface area contributed by atoms with Gasteiger partial charge in [-0.1, -0.05) is 6.07 Å². The Morgan fingerprint density at radius 2 is 2.12 bits per heavy atom. The van der Waals surface area contributed by atoms with E-state index in [9.17, 15) is 4.79 Å². The summed E-state index contributed by atoms with van der Waals surface area (Å²) in [7, 11) is 0. The Morgan fingerprint density at radius 1 is 1.31 bits per heavy atom. The summed E-state index contributed by atoms with van der Waals surface area (Å²) in [5.74, 6) is 0.199. The number of amides is 1. The van der Waals surface area contributed by atoms with E-state index >= 15 is 0 Å². The van der Waals surface area contributed by atoms with Gasteiger partial charge in [0.15, 0.2) is 0 Å². The van der Waals surface area contributed by atoms with Crippen molar-refractivity contribution < 1.29 is 4.79 Å². The van der Waals surface area contributed by atoms with Crippen molar-refractivity contribution in [2.45, 2.75) is 18.9 Å². The van der Waals surface area contributed by atoms with Crippen LogP contribution in [0.1, 0.15) is 24.6 Å². The average Bonchev–Trinajstić information content (AvgIpc) is 2.38. The lowest BCUT2D eigenvalue weighted by Gasteiger charge is -2.50. The smallest absolute Gasteiger partial charge is 0.229 e. The van der Waals surface area contributed by atoms with Crippen molar-refractivity contribution in [2.24, 2.45) is 5.41 Å². The highest BCUT2D eigenvalue weighted by Crippen LogP contribution is 2.47. The number of hydrogen-bond donors (Lipinski definition) is 2. The molecule has 0 aromatic carbocycles. The van der Waals surface area contributed by atoms with Crippen molar-refractivity contribution in [1.29, 1.82) is 0 Å². The molecule has 2 fully saturated rings. The van der Waals surface area contributed by atoms with Crippen molar-refractivity contribution in [2.75, 3.05) is 13.1 Å². The van der Waals surface area contributed by atoms with Crippen LogP contribution in [-0.4, -0.2) is 24.0 Å². The van der Waals surface area contributed by atoms with Gasteiger partial charge in [0.05, 0.1) is 17.2 Å². The summed E-state index contributed by atoms with van der Waals surface area (Å²) in [6, 6.07) is 5.98. The van der Waals surface area contributed by atoms with Gasteiger partial charge in [-0.2, -0.15) is 0 Å². The third-order valence-electron chi connectivity index (χ3n) is 3.76. The molecule has 1 amide bonds. The van der Waals surface area contributed by atoms with Gasteiger partial charge < -0.3 is 10.6 Å². The lowest BCUT2D eigenvalue weighted by Crippen LogP contribution is -2.64. The number of carbonyl (C=O) groups is 1. The highest BCUT2D eigenvalue weighted by atomic mass is 16.2. The summed E-state index contributed by atoms with van der Waals surface area (Å²) < 4.78 is 0. The maximum Gasteiger partial charge on any atom is 0.229 e. The van der Waals surface area contributed by atoms with Crippen molar-refractivity contribution in [1.82, 2.24) is 15.6 Å². The molecule has 0 bridgehead atoms. The Kier molecular flexibility index (Phi) is 2.17. The van der Waals surface area contributed by atoms with Crippen LogP contribution in [0.25, 0.3) is 0 Å². The van der Waals surface area contributed by atoms with Gasteiger partial charge in [0.2, 0.25) is 5.91 Å². The van der Waals surface area contributed by atoms with Gasteiger partial charge in [-0.05, 0) is 38.1 Å². The molecule has 0 aliphatic carbocycles. The van der Waals surface area contributed by atoms with Crippen LogP contribution in [0, 0.1) is 5.41 Å². The van der Waals surface area contributed by atoms with Crippen LogP contribution in [0.2, 0.25) is 0 Å². The van der Waals surface area contributed by atoms with Crippen LogP contribution >= 0.6 is 0 Å². The molecule has 3 rings (SSSR count). The number of carbonyl (C=O) groups excluding carboxylic acids is 1. The first-order chi connectivity index (χ1) is 7.83. The standard InChI is InChI=1S/C12H15N3O/c16-11-12(4-7-13-8-5-12)10(15-11)9-3-1-2-6-14-9/h1-3,6,10,13H,4-5,7-8H2,(H,15,16). The quantitative estimate of drug-likeness (QED) is 0.678. The summed E-state index contributed by atoms with van der Waals surface area (Å²) in [5.41, 5.74) is 0.795. The van der Waals surface area contributed by atoms with Crippen molar-refractivity contribution >= 4 is 5.91 Å². The van der Waals surface area contributed by atoms with Gasteiger partial charge >= 0.3 is 0 Å². The van der Waals surface area contributed by atoms with Gasteiger partial charge in [0.1, 0.15) is 0 Å². The Bertz CT molecular complexity index is 398. The average molecular weight is 217 g/mol. The molecule has 0 saturated carbocycles. The number of nitrogens with zero attached hydrogens (tertiary/aromatic N) is 1. The highest BCUT2D eigenvalue weighted by molar-refractivity contribution is 5.90. The van der Waals surface area contributed by atoms with Crippen molar-refractivity contribution in [3.05, 3.63) is 30.1 Å². The summed E-state index contributed by atoms with van der Waals surface area (Å²) in [4.78, 5) is 16.2. The fourth-order valence-corrected chi connectivity index (χ4v) is 2.76. The first-order valence-electron chi connectivity index (χ1n) is 5.75. The largest absolute Gasteiger partial charge is 0.346 e. The molecular formula is C12H15N3O. The Morgan fingerprint density at radius 3 is 2.75 bits per heavy atom. The molecule has 4 nitrogen and oxygen atoms in total. The second kappa shape index (κ2) is 3.56. The first-order valence-corrected chi connectivity index (χ1v) is 5.75. The van der Waals surface area contributed by atoms with Crippen molar-refractivity contribution in [3.63, 3.8) is 0 Å². The first kappa shape index (κ1) is 9.78. The van der Waals surface area contributed by atoms with E-state index in [0.29, 0.717) is 0 Å². The molecule has 1 spiro atoms. The van der Waals surface area contributed by atoms with Crippen LogP contribution in [0.4, 0.5) is 0 Å². The maximum absolute atomic E-state index is 11.8. The number of hydrogen-bond acceptors (Lipinski definition) is 3. The molecule has 1 aromatic rings. The minimum absolute atomic E-state index is 0.114. The molecule has 2 aliphatic rings. The fourth-order valence-electron chi connectivity index (χ4n) is 2.76. The van der Waals surface area contributed by atoms with Gasteiger partial charge in [-0.3, -0.25) is 9.78 Å². The van der Waals surface area contributed by atoms with Gasteiger partial charge in [-0.25, -0.2) is 0 Å². The number of nitrogens with one attached hydrogen (secondary N) is 2. The molecule has 1 atom stereocenters. The predicted octanol–water partition coefficient (Wildman–Crippen LogP) is 0.622. The molecule has 3 heterocycles. The van der Waals surface area contributed by atoms with Gasteiger partial charge in [0.25, 0.3) is 0 Å². The number of pyridine rings is 1. The second-order valence-electron chi connectivity index (χ2n) is 4.57. The zero-order valence-electron chi connectivity index (χ0n) is 9.07. The third-order valence-corrected chi connectivity index (χ3v) is 3.76. The number of β-lactam (4-membered cyclic amide) rings is 1. The zero-order chi connectivity index (χ0) is 11.0. The van der Waals surface area contributed by atoms with E-state index in [1.54, 1.807) is 6.20 Å². The van der Waals surface area contributed by atoms with E-state index in [1.165, 1.54) is 0 Å². The molecule has 2 aliphatic heterocycles. The molecule has 84 valence electrons. The fraction of sp³-hybridized carbons (Fsp3) is 0.500. The molecule has 16 heavy (non-hydrogen) atoms. The third kappa shape index (κ3) is 1.26. The monoisotopic (exact) mass is 217 g/mol. The summed E-state index contributed by atoms with van der Waals surface area (Å²) in [6.45, 7) is 1.85. The van der Waals surface area contributed by atoms with Crippen LogP contribution in [0.3, 0.4) is 0 Å². The second-order valence-corrected chi connectivity index (χ2v) is 4.57. The molecular weight excluding hydrogens is 202 g/mol. The van der Waals surface area contributed by atoms with E-state index < -0.39 is 0 Å². The lowest BCUT2D eigenvalue weighted by molar-refractivity contribution is -0.149. The summed E-state index contributed by atoms with van der Waals surface area (Å²) in [6.07, 6.45) is 3.62. The molecule has 2 N–H and O–H groups in total. The minimum atomic E-state index is -0.195.